The first-order valence-electron chi connectivity index (χ1n) is 8.61. The van der Waals surface area contributed by atoms with Crippen molar-refractivity contribution in [3.8, 4) is 0 Å². The van der Waals surface area contributed by atoms with Gasteiger partial charge in [0.25, 0.3) is 0 Å². The second-order valence-corrected chi connectivity index (χ2v) is 8.88. The van der Waals surface area contributed by atoms with E-state index in [1.54, 1.807) is 23.1 Å². The second-order valence-electron chi connectivity index (χ2n) is 6.83. The molecule has 1 fully saturated rings. The van der Waals surface area contributed by atoms with Crippen molar-refractivity contribution in [3.05, 3.63) is 42.5 Å². The van der Waals surface area contributed by atoms with E-state index in [9.17, 15) is 13.2 Å². The van der Waals surface area contributed by atoms with Gasteiger partial charge in [-0.05, 0) is 41.7 Å². The zero-order chi connectivity index (χ0) is 18.0. The van der Waals surface area contributed by atoms with Crippen LogP contribution in [0.1, 0.15) is 19.8 Å². The molecule has 3 rings (SSSR count). The van der Waals surface area contributed by atoms with E-state index in [4.69, 9.17) is 0 Å². The van der Waals surface area contributed by atoms with E-state index in [1.165, 1.54) is 7.05 Å². The van der Waals surface area contributed by atoms with Crippen LogP contribution in [0.5, 0.6) is 0 Å². The van der Waals surface area contributed by atoms with Gasteiger partial charge in [-0.3, -0.25) is 4.79 Å². The molecule has 2 aromatic rings. The summed E-state index contributed by atoms with van der Waals surface area (Å²) in [5.74, 6) is 0.502. The van der Waals surface area contributed by atoms with Crippen LogP contribution in [-0.2, 0) is 14.8 Å². The Morgan fingerprint density at radius 3 is 2.44 bits per heavy atom. The Hall–Kier alpha value is -1.92. The zero-order valence-electron chi connectivity index (χ0n) is 14.7. The molecule has 5 nitrogen and oxygen atoms in total. The normalized spacial score (nSPS) is 16.5. The van der Waals surface area contributed by atoms with Crippen molar-refractivity contribution in [3.63, 3.8) is 0 Å². The first-order chi connectivity index (χ1) is 11.9. The minimum atomic E-state index is -3.69. The molecule has 1 amide bonds. The summed E-state index contributed by atoms with van der Waals surface area (Å²) >= 11 is 0. The molecule has 0 aliphatic carbocycles. The van der Waals surface area contributed by atoms with Crippen LogP contribution < -0.4 is 0 Å². The van der Waals surface area contributed by atoms with Crippen molar-refractivity contribution in [2.24, 2.45) is 5.92 Å². The molecule has 1 saturated heterocycles. The van der Waals surface area contributed by atoms with E-state index in [0.717, 1.165) is 27.9 Å². The van der Waals surface area contributed by atoms with Gasteiger partial charge in [0.15, 0.2) is 0 Å². The maximum atomic E-state index is 12.8. The highest BCUT2D eigenvalue weighted by Gasteiger charge is 2.27. The predicted octanol–water partition coefficient (Wildman–Crippen LogP) is 2.72. The van der Waals surface area contributed by atoms with Gasteiger partial charge in [-0.2, -0.15) is 4.31 Å². The van der Waals surface area contributed by atoms with Gasteiger partial charge in [0.1, 0.15) is 0 Å². The van der Waals surface area contributed by atoms with Gasteiger partial charge in [-0.1, -0.05) is 37.3 Å². The van der Waals surface area contributed by atoms with Crippen LogP contribution in [0.4, 0.5) is 0 Å². The molecule has 2 aromatic carbocycles. The molecule has 1 heterocycles. The number of sulfonamides is 1. The third-order valence-corrected chi connectivity index (χ3v) is 6.72. The maximum Gasteiger partial charge on any atom is 0.243 e. The van der Waals surface area contributed by atoms with Crippen molar-refractivity contribution in [2.45, 2.75) is 24.7 Å². The van der Waals surface area contributed by atoms with Crippen LogP contribution in [0.3, 0.4) is 0 Å². The Balaban J connectivity index is 1.75. The molecular formula is C19H24N2O3S. The summed E-state index contributed by atoms with van der Waals surface area (Å²) in [6.45, 7) is 3.48. The fourth-order valence-electron chi connectivity index (χ4n) is 3.14. The number of hydrogen-bond donors (Lipinski definition) is 0. The number of fused-ring (bicyclic) bond motifs is 1. The number of benzene rings is 2. The van der Waals surface area contributed by atoms with Crippen molar-refractivity contribution in [1.29, 1.82) is 0 Å². The summed E-state index contributed by atoms with van der Waals surface area (Å²) in [5.41, 5.74) is 0. The molecule has 0 unspecified atom stereocenters. The van der Waals surface area contributed by atoms with Gasteiger partial charge < -0.3 is 4.90 Å². The lowest BCUT2D eigenvalue weighted by molar-refractivity contribution is -0.132. The Morgan fingerprint density at radius 2 is 1.76 bits per heavy atom. The van der Waals surface area contributed by atoms with Gasteiger partial charge in [-0.25, -0.2) is 8.42 Å². The first-order valence-corrected chi connectivity index (χ1v) is 10.0. The van der Waals surface area contributed by atoms with Gasteiger partial charge >= 0.3 is 0 Å². The van der Waals surface area contributed by atoms with E-state index >= 15 is 0 Å². The molecule has 134 valence electrons. The van der Waals surface area contributed by atoms with Crippen LogP contribution in [0.25, 0.3) is 10.8 Å². The van der Waals surface area contributed by atoms with Crippen molar-refractivity contribution >= 4 is 26.7 Å². The molecule has 0 aromatic heterocycles. The largest absolute Gasteiger partial charge is 0.342 e. The van der Waals surface area contributed by atoms with E-state index < -0.39 is 10.0 Å². The molecule has 0 radical (unpaired) electrons. The van der Waals surface area contributed by atoms with E-state index in [-0.39, 0.29) is 17.3 Å². The Bertz CT molecular complexity index is 871. The van der Waals surface area contributed by atoms with Crippen LogP contribution in [0.2, 0.25) is 0 Å². The predicted molar refractivity (Wildman–Crippen MR) is 98.7 cm³/mol. The number of piperidine rings is 1. The molecule has 0 atom stereocenters. The van der Waals surface area contributed by atoms with Crippen LogP contribution in [-0.4, -0.2) is 50.2 Å². The molecule has 0 N–H and O–H groups in total. The van der Waals surface area contributed by atoms with Crippen LogP contribution in [0, 0.1) is 5.92 Å². The minimum absolute atomic E-state index is 0.121. The molecule has 0 saturated carbocycles. The highest BCUT2D eigenvalue weighted by atomic mass is 32.2. The summed E-state index contributed by atoms with van der Waals surface area (Å²) in [7, 11) is -2.22. The summed E-state index contributed by atoms with van der Waals surface area (Å²) in [4.78, 5) is 14.4. The molecule has 0 bridgehead atoms. The molecular weight excluding hydrogens is 336 g/mol. The lowest BCUT2D eigenvalue weighted by atomic mass is 9.99. The SMILES string of the molecule is CC1CCN(C(=O)CN(C)S(=O)(=O)c2ccc3ccccc3c2)CC1. The number of carbonyl (C=O) groups is 1. The van der Waals surface area contributed by atoms with Crippen LogP contribution >= 0.6 is 0 Å². The Morgan fingerprint density at radius 1 is 1.12 bits per heavy atom. The number of likely N-dealkylation sites (tertiary alicyclic amines) is 1. The maximum absolute atomic E-state index is 12.8. The van der Waals surface area contributed by atoms with E-state index in [2.05, 4.69) is 6.92 Å². The fourth-order valence-corrected chi connectivity index (χ4v) is 4.30. The van der Waals surface area contributed by atoms with Crippen molar-refractivity contribution in [1.82, 2.24) is 9.21 Å². The highest BCUT2D eigenvalue weighted by molar-refractivity contribution is 7.89. The topological polar surface area (TPSA) is 57.7 Å². The standard InChI is InChI=1S/C19H24N2O3S/c1-15-9-11-21(12-10-15)19(22)14-20(2)25(23,24)18-8-7-16-5-3-4-6-17(16)13-18/h3-8,13,15H,9-12,14H2,1-2H3. The summed E-state index contributed by atoms with van der Waals surface area (Å²) in [5, 5.41) is 1.86. The smallest absolute Gasteiger partial charge is 0.243 e. The molecule has 6 heteroatoms. The lowest BCUT2D eigenvalue weighted by Crippen LogP contribution is -2.44. The first kappa shape index (κ1) is 17.9. The molecule has 25 heavy (non-hydrogen) atoms. The second kappa shape index (κ2) is 7.14. The van der Waals surface area contributed by atoms with Crippen molar-refractivity contribution < 1.29 is 13.2 Å². The Kier molecular flexibility index (Phi) is 5.11. The quantitative estimate of drug-likeness (QED) is 0.842. The van der Waals surface area contributed by atoms with E-state index in [0.29, 0.717) is 19.0 Å². The van der Waals surface area contributed by atoms with Gasteiger partial charge in [-0.15, -0.1) is 0 Å². The number of likely N-dealkylation sites (N-methyl/N-ethyl adjacent to an activating group) is 1. The van der Waals surface area contributed by atoms with Gasteiger partial charge in [0.2, 0.25) is 15.9 Å². The highest BCUT2D eigenvalue weighted by Crippen LogP contribution is 2.22. The molecule has 0 spiro atoms. The molecule has 1 aliphatic heterocycles. The van der Waals surface area contributed by atoms with Crippen molar-refractivity contribution in [2.75, 3.05) is 26.7 Å². The average molecular weight is 360 g/mol. The minimum Gasteiger partial charge on any atom is -0.342 e. The monoisotopic (exact) mass is 360 g/mol. The Labute approximate surface area is 149 Å². The van der Waals surface area contributed by atoms with E-state index in [1.807, 2.05) is 24.3 Å². The number of amides is 1. The zero-order valence-corrected chi connectivity index (χ0v) is 15.5. The van der Waals surface area contributed by atoms with Gasteiger partial charge in [0, 0.05) is 20.1 Å². The molecule has 1 aliphatic rings. The lowest BCUT2D eigenvalue weighted by Gasteiger charge is -2.31. The fraction of sp³-hybridized carbons (Fsp3) is 0.421. The third-order valence-electron chi connectivity index (χ3n) is 4.92. The number of nitrogens with zero attached hydrogens (tertiary/aromatic N) is 2. The number of rotatable bonds is 4. The van der Waals surface area contributed by atoms with Crippen LogP contribution in [0.15, 0.2) is 47.4 Å². The summed E-state index contributed by atoms with van der Waals surface area (Å²) in [6.07, 6.45) is 1.96. The summed E-state index contributed by atoms with van der Waals surface area (Å²) < 4.78 is 26.8. The summed E-state index contributed by atoms with van der Waals surface area (Å²) in [6, 6.07) is 12.7. The number of carbonyl (C=O) groups excluding carboxylic acids is 1. The number of hydrogen-bond acceptors (Lipinski definition) is 3. The third kappa shape index (κ3) is 3.85. The van der Waals surface area contributed by atoms with Gasteiger partial charge in [0.05, 0.1) is 11.4 Å². The average Bonchev–Trinajstić information content (AvgIpc) is 2.61.